The van der Waals surface area contributed by atoms with Gasteiger partial charge < -0.3 is 5.32 Å². The normalized spacial score (nSPS) is 13.9. The second-order valence-corrected chi connectivity index (χ2v) is 9.28. The first-order valence-corrected chi connectivity index (χ1v) is 12.0. The van der Waals surface area contributed by atoms with Crippen LogP contribution in [0.3, 0.4) is 0 Å². The molecule has 5 nitrogen and oxygen atoms in total. The van der Waals surface area contributed by atoms with E-state index in [1.165, 1.54) is 0 Å². The van der Waals surface area contributed by atoms with Crippen LogP contribution in [0.1, 0.15) is 23.2 Å². The standard InChI is InChI=1S/C29H23ClN4O/c1-31-27-15-7-21-17-32-26-14-6-20(18-2-8-22(30)9-3-18)16-25(26)28(21)34(27)24-12-4-19(5-13-24)29(35)33-23-10-11-23/h2-9,12-17,23H,10-11H2,1H3,(H,33,35). The summed E-state index contributed by atoms with van der Waals surface area (Å²) in [6, 6.07) is 26.2. The molecule has 0 aliphatic heterocycles. The number of nitrogens with one attached hydrogen (secondary N) is 1. The molecule has 1 fully saturated rings. The lowest BCUT2D eigenvalue weighted by molar-refractivity contribution is 0.0951. The van der Waals surface area contributed by atoms with Gasteiger partial charge in [-0.05, 0) is 84.6 Å². The van der Waals surface area contributed by atoms with Crippen LogP contribution in [0.4, 0.5) is 0 Å². The number of amides is 1. The number of hydrogen-bond donors (Lipinski definition) is 1. The summed E-state index contributed by atoms with van der Waals surface area (Å²) in [5.74, 6) is -0.0235. The number of pyridine rings is 2. The molecule has 2 aromatic heterocycles. The van der Waals surface area contributed by atoms with Crippen molar-refractivity contribution in [1.82, 2.24) is 14.9 Å². The van der Waals surface area contributed by atoms with E-state index in [1.807, 2.05) is 72.9 Å². The van der Waals surface area contributed by atoms with E-state index in [9.17, 15) is 4.79 Å². The third kappa shape index (κ3) is 4.08. The lowest BCUT2D eigenvalue weighted by Crippen LogP contribution is -2.25. The van der Waals surface area contributed by atoms with Crippen LogP contribution in [0, 0.1) is 0 Å². The Hall–Kier alpha value is -3.96. The van der Waals surface area contributed by atoms with E-state index in [-0.39, 0.29) is 5.91 Å². The third-order valence-corrected chi connectivity index (χ3v) is 6.69. The van der Waals surface area contributed by atoms with E-state index in [4.69, 9.17) is 16.6 Å². The number of nitrogens with zero attached hydrogens (tertiary/aromatic N) is 3. The molecule has 1 saturated carbocycles. The largest absolute Gasteiger partial charge is 0.349 e. The zero-order valence-corrected chi connectivity index (χ0v) is 20.0. The number of carbonyl (C=O) groups excluding carboxylic acids is 1. The number of rotatable bonds is 4. The molecule has 6 rings (SSSR count). The summed E-state index contributed by atoms with van der Waals surface area (Å²) in [6.45, 7) is 0. The van der Waals surface area contributed by atoms with Crippen LogP contribution in [0.2, 0.25) is 5.02 Å². The smallest absolute Gasteiger partial charge is 0.251 e. The summed E-state index contributed by atoms with van der Waals surface area (Å²) in [5.41, 5.74) is 6.50. The van der Waals surface area contributed by atoms with Crippen molar-refractivity contribution in [1.29, 1.82) is 0 Å². The Morgan fingerprint density at radius 3 is 2.43 bits per heavy atom. The van der Waals surface area contributed by atoms with Gasteiger partial charge in [0.05, 0.1) is 11.0 Å². The van der Waals surface area contributed by atoms with Gasteiger partial charge >= 0.3 is 0 Å². The van der Waals surface area contributed by atoms with E-state index in [0.29, 0.717) is 16.6 Å². The zero-order chi connectivity index (χ0) is 23.9. The molecule has 35 heavy (non-hydrogen) atoms. The van der Waals surface area contributed by atoms with Crippen LogP contribution in [-0.4, -0.2) is 28.5 Å². The monoisotopic (exact) mass is 478 g/mol. The van der Waals surface area contributed by atoms with Crippen molar-refractivity contribution in [3.8, 4) is 16.8 Å². The maximum absolute atomic E-state index is 12.5. The fraction of sp³-hybridized carbons (Fsp3) is 0.138. The molecule has 0 spiro atoms. The minimum Gasteiger partial charge on any atom is -0.349 e. The van der Waals surface area contributed by atoms with Crippen LogP contribution in [-0.2, 0) is 0 Å². The lowest BCUT2D eigenvalue weighted by atomic mass is 10.0. The number of aromatic nitrogens is 2. The second-order valence-electron chi connectivity index (χ2n) is 8.85. The first kappa shape index (κ1) is 21.6. The van der Waals surface area contributed by atoms with Gasteiger partial charge in [-0.15, -0.1) is 0 Å². The molecule has 1 N–H and O–H groups in total. The highest BCUT2D eigenvalue weighted by atomic mass is 35.5. The van der Waals surface area contributed by atoms with Gasteiger partial charge in [-0.1, -0.05) is 29.8 Å². The SMILES string of the molecule is CN=c1ccc2cnc3ccc(-c4ccc(Cl)cc4)cc3c2n1-c1ccc(C(=O)NC2CC2)cc1. The van der Waals surface area contributed by atoms with Gasteiger partial charge in [-0.25, -0.2) is 0 Å². The summed E-state index contributed by atoms with van der Waals surface area (Å²) in [4.78, 5) is 21.7. The van der Waals surface area contributed by atoms with E-state index in [2.05, 4.69) is 27.0 Å². The molecule has 0 unspecified atom stereocenters. The molecule has 2 heterocycles. The van der Waals surface area contributed by atoms with Crippen molar-refractivity contribution in [3.05, 3.63) is 101 Å². The van der Waals surface area contributed by atoms with Gasteiger partial charge in [-0.3, -0.25) is 19.3 Å². The quantitative estimate of drug-likeness (QED) is 0.326. The molecule has 1 amide bonds. The van der Waals surface area contributed by atoms with Gasteiger partial charge in [0.15, 0.2) is 0 Å². The van der Waals surface area contributed by atoms with E-state index in [0.717, 1.165) is 56.9 Å². The summed E-state index contributed by atoms with van der Waals surface area (Å²) >= 11 is 6.10. The van der Waals surface area contributed by atoms with E-state index >= 15 is 0 Å². The highest BCUT2D eigenvalue weighted by molar-refractivity contribution is 6.30. The molecular weight excluding hydrogens is 456 g/mol. The van der Waals surface area contributed by atoms with E-state index < -0.39 is 0 Å². The fourth-order valence-corrected chi connectivity index (χ4v) is 4.56. The number of halogens is 1. The van der Waals surface area contributed by atoms with Crippen molar-refractivity contribution >= 4 is 39.3 Å². The lowest BCUT2D eigenvalue weighted by Gasteiger charge is -2.15. The summed E-state index contributed by atoms with van der Waals surface area (Å²) < 4.78 is 2.13. The van der Waals surface area contributed by atoms with Crippen molar-refractivity contribution in [3.63, 3.8) is 0 Å². The molecule has 3 aromatic carbocycles. The zero-order valence-electron chi connectivity index (χ0n) is 19.2. The Bertz CT molecular complexity index is 1650. The average molecular weight is 479 g/mol. The van der Waals surface area contributed by atoms with Gasteiger partial charge in [0.1, 0.15) is 5.49 Å². The number of carbonyl (C=O) groups is 1. The maximum atomic E-state index is 12.5. The predicted molar refractivity (Wildman–Crippen MR) is 141 cm³/mol. The number of hydrogen-bond acceptors (Lipinski definition) is 3. The maximum Gasteiger partial charge on any atom is 0.251 e. The number of fused-ring (bicyclic) bond motifs is 3. The Balaban J connectivity index is 1.55. The Labute approximate surface area is 207 Å². The summed E-state index contributed by atoms with van der Waals surface area (Å²) in [7, 11) is 1.79. The van der Waals surface area contributed by atoms with Crippen molar-refractivity contribution < 1.29 is 4.79 Å². The van der Waals surface area contributed by atoms with Crippen molar-refractivity contribution in [2.45, 2.75) is 18.9 Å². The van der Waals surface area contributed by atoms with Crippen molar-refractivity contribution in [2.75, 3.05) is 7.05 Å². The van der Waals surface area contributed by atoms with Crippen LogP contribution in [0.5, 0.6) is 0 Å². The molecule has 1 aliphatic rings. The van der Waals surface area contributed by atoms with Crippen LogP contribution in [0.25, 0.3) is 38.6 Å². The Morgan fingerprint density at radius 2 is 1.71 bits per heavy atom. The topological polar surface area (TPSA) is 59.3 Å². The van der Waals surface area contributed by atoms with Crippen LogP contribution >= 0.6 is 11.6 Å². The average Bonchev–Trinajstić information content (AvgIpc) is 3.72. The van der Waals surface area contributed by atoms with Gasteiger partial charge in [0, 0.05) is 46.3 Å². The Kier molecular flexibility index (Phi) is 5.34. The highest BCUT2D eigenvalue weighted by Gasteiger charge is 2.23. The summed E-state index contributed by atoms with van der Waals surface area (Å²) in [5, 5.41) is 5.79. The summed E-state index contributed by atoms with van der Waals surface area (Å²) in [6.07, 6.45) is 4.03. The van der Waals surface area contributed by atoms with E-state index in [1.54, 1.807) is 7.05 Å². The minimum atomic E-state index is -0.0235. The fourth-order valence-electron chi connectivity index (χ4n) is 4.44. The molecule has 5 aromatic rings. The molecule has 6 heteroatoms. The molecule has 0 bridgehead atoms. The second kappa shape index (κ2) is 8.67. The number of benzene rings is 3. The molecule has 1 aliphatic carbocycles. The first-order valence-electron chi connectivity index (χ1n) is 11.7. The molecule has 172 valence electrons. The van der Waals surface area contributed by atoms with Crippen LogP contribution < -0.4 is 10.8 Å². The van der Waals surface area contributed by atoms with Crippen LogP contribution in [0.15, 0.2) is 90.1 Å². The molecule has 0 atom stereocenters. The minimum absolute atomic E-state index is 0.0235. The highest BCUT2D eigenvalue weighted by Crippen LogP contribution is 2.30. The Morgan fingerprint density at radius 1 is 0.971 bits per heavy atom. The van der Waals surface area contributed by atoms with Gasteiger partial charge in [0.2, 0.25) is 0 Å². The molecule has 0 saturated heterocycles. The van der Waals surface area contributed by atoms with Crippen molar-refractivity contribution in [2.24, 2.45) is 4.99 Å². The van der Waals surface area contributed by atoms with Gasteiger partial charge in [-0.2, -0.15) is 0 Å². The predicted octanol–water partition coefficient (Wildman–Crippen LogP) is 5.92. The third-order valence-electron chi connectivity index (χ3n) is 6.44. The molecular formula is C29H23ClN4O. The molecule has 0 radical (unpaired) electrons. The first-order chi connectivity index (χ1) is 17.1. The van der Waals surface area contributed by atoms with Gasteiger partial charge in [0.25, 0.3) is 5.91 Å².